The first kappa shape index (κ1) is 27.4. The van der Waals surface area contributed by atoms with Gasteiger partial charge in [-0.15, -0.1) is 0 Å². The van der Waals surface area contributed by atoms with E-state index in [2.05, 4.69) is 174 Å². The molecule has 1 aliphatic carbocycles. The third-order valence-electron chi connectivity index (χ3n) is 11.8. The standard InChI is InChI=1S/C48H31N3/c1-48(2)36-17-7-5-15-32(36)46-43-29(13-11-18-37(43)48)26-42-45(46)33-16-6-9-20-39(33)50(42)30-23-25-40-35(27-30)44-31-14-4-3-12-28(31)22-24-34(44)47-49-38-19-8-10-21-41(38)51(40)47/h3-27H,1-2H3. The Bertz CT molecular complexity index is 3340. The van der Waals surface area contributed by atoms with Crippen LogP contribution in [0.15, 0.2) is 152 Å². The third-order valence-corrected chi connectivity index (χ3v) is 11.8. The van der Waals surface area contributed by atoms with E-state index in [1.807, 2.05) is 0 Å². The van der Waals surface area contributed by atoms with Gasteiger partial charge in [-0.1, -0.05) is 117 Å². The fourth-order valence-electron chi connectivity index (χ4n) is 9.62. The average Bonchev–Trinajstić information content (AvgIpc) is 3.72. The molecule has 0 fully saturated rings. The van der Waals surface area contributed by atoms with E-state index in [1.54, 1.807) is 0 Å². The summed E-state index contributed by atoms with van der Waals surface area (Å²) in [6.07, 6.45) is 0. The Hall–Kier alpha value is -6.45. The van der Waals surface area contributed by atoms with Crippen molar-refractivity contribution < 1.29 is 0 Å². The van der Waals surface area contributed by atoms with Crippen LogP contribution in [0.5, 0.6) is 0 Å². The predicted molar refractivity (Wildman–Crippen MR) is 215 cm³/mol. The molecule has 3 nitrogen and oxygen atoms in total. The van der Waals surface area contributed by atoms with Crippen molar-refractivity contribution in [2.24, 2.45) is 0 Å². The van der Waals surface area contributed by atoms with Crippen LogP contribution in [0.25, 0.3) is 98.5 Å². The lowest BCUT2D eigenvalue weighted by molar-refractivity contribution is 0.645. The Kier molecular flexibility index (Phi) is 5.05. The number of benzene rings is 8. The second-order valence-electron chi connectivity index (χ2n) is 14.7. The van der Waals surface area contributed by atoms with Gasteiger partial charge in [-0.3, -0.25) is 4.40 Å². The van der Waals surface area contributed by atoms with Crippen LogP contribution in [0.3, 0.4) is 0 Å². The molecule has 0 bridgehead atoms. The number of hydrogen-bond donors (Lipinski definition) is 0. The van der Waals surface area contributed by atoms with E-state index in [4.69, 9.17) is 4.98 Å². The summed E-state index contributed by atoms with van der Waals surface area (Å²) < 4.78 is 4.86. The van der Waals surface area contributed by atoms with E-state index in [1.165, 1.54) is 81.8 Å². The summed E-state index contributed by atoms with van der Waals surface area (Å²) in [5, 5.41) is 11.4. The van der Waals surface area contributed by atoms with E-state index in [-0.39, 0.29) is 5.41 Å². The second kappa shape index (κ2) is 9.41. The van der Waals surface area contributed by atoms with Gasteiger partial charge in [0.25, 0.3) is 0 Å². The minimum absolute atomic E-state index is 0.0971. The number of fused-ring (bicyclic) bond motifs is 16. The maximum Gasteiger partial charge on any atom is 0.146 e. The second-order valence-corrected chi connectivity index (χ2v) is 14.7. The molecule has 0 saturated heterocycles. The van der Waals surface area contributed by atoms with Gasteiger partial charge in [0.05, 0.1) is 27.6 Å². The molecule has 0 unspecified atom stereocenters. The molecule has 0 amide bonds. The Balaban J connectivity index is 1.28. The molecule has 0 aliphatic heterocycles. The zero-order valence-corrected chi connectivity index (χ0v) is 28.3. The van der Waals surface area contributed by atoms with Crippen LogP contribution >= 0.6 is 0 Å². The molecule has 12 rings (SSSR count). The van der Waals surface area contributed by atoms with Crippen molar-refractivity contribution in [1.29, 1.82) is 0 Å². The predicted octanol–water partition coefficient (Wildman–Crippen LogP) is 12.5. The number of aromatic nitrogens is 3. The average molecular weight is 650 g/mol. The van der Waals surface area contributed by atoms with Crippen molar-refractivity contribution in [3.05, 3.63) is 163 Å². The molecule has 1 aliphatic rings. The SMILES string of the molecule is CC1(C)c2ccccc2-c2c3c1cccc3cc1c2c2ccccc2n1-c1ccc2c(c1)c1c3ccccc3ccc1c1nc3ccccc3n21. The summed E-state index contributed by atoms with van der Waals surface area (Å²) in [4.78, 5) is 5.20. The highest BCUT2D eigenvalue weighted by atomic mass is 15.0. The molecule has 51 heavy (non-hydrogen) atoms. The van der Waals surface area contributed by atoms with Crippen LogP contribution in [0.4, 0.5) is 0 Å². The zero-order chi connectivity index (χ0) is 33.6. The van der Waals surface area contributed by atoms with Crippen LogP contribution in [0.2, 0.25) is 0 Å². The molecule has 8 aromatic carbocycles. The fourth-order valence-corrected chi connectivity index (χ4v) is 9.62. The quantitative estimate of drug-likeness (QED) is 0.162. The normalized spacial score (nSPS) is 13.8. The van der Waals surface area contributed by atoms with Gasteiger partial charge < -0.3 is 4.57 Å². The highest BCUT2D eigenvalue weighted by Gasteiger charge is 2.35. The van der Waals surface area contributed by atoms with E-state index in [9.17, 15) is 0 Å². The summed E-state index contributed by atoms with van der Waals surface area (Å²) in [6.45, 7) is 4.75. The summed E-state index contributed by atoms with van der Waals surface area (Å²) in [5.74, 6) is 0. The molecule has 0 saturated carbocycles. The minimum Gasteiger partial charge on any atom is -0.309 e. The van der Waals surface area contributed by atoms with Crippen LogP contribution in [-0.2, 0) is 5.41 Å². The van der Waals surface area contributed by atoms with Crippen LogP contribution < -0.4 is 0 Å². The maximum absolute atomic E-state index is 5.20. The lowest BCUT2D eigenvalue weighted by atomic mass is 9.68. The minimum atomic E-state index is -0.0971. The van der Waals surface area contributed by atoms with Crippen molar-refractivity contribution in [1.82, 2.24) is 14.0 Å². The topological polar surface area (TPSA) is 22.2 Å². The fraction of sp³-hybridized carbons (Fsp3) is 0.0625. The molecule has 238 valence electrons. The summed E-state index contributed by atoms with van der Waals surface area (Å²) in [6, 6.07) is 56.1. The number of pyridine rings is 1. The van der Waals surface area contributed by atoms with Gasteiger partial charge in [0.1, 0.15) is 5.65 Å². The first-order chi connectivity index (χ1) is 25.1. The number of nitrogens with zero attached hydrogens (tertiary/aromatic N) is 3. The number of imidazole rings is 1. The monoisotopic (exact) mass is 649 g/mol. The van der Waals surface area contributed by atoms with Crippen molar-refractivity contribution in [3.63, 3.8) is 0 Å². The number of rotatable bonds is 1. The van der Waals surface area contributed by atoms with Gasteiger partial charge in [-0.2, -0.15) is 0 Å². The molecule has 0 N–H and O–H groups in total. The Morgan fingerprint density at radius 1 is 0.471 bits per heavy atom. The number of hydrogen-bond acceptors (Lipinski definition) is 1. The van der Waals surface area contributed by atoms with E-state index in [0.29, 0.717) is 0 Å². The van der Waals surface area contributed by atoms with Gasteiger partial charge in [-0.25, -0.2) is 4.98 Å². The van der Waals surface area contributed by atoms with Gasteiger partial charge in [0.2, 0.25) is 0 Å². The largest absolute Gasteiger partial charge is 0.309 e. The van der Waals surface area contributed by atoms with E-state index < -0.39 is 0 Å². The summed E-state index contributed by atoms with van der Waals surface area (Å²) in [5.41, 5.74) is 13.3. The molecule has 0 radical (unpaired) electrons. The Labute approximate surface area is 293 Å². The smallest absolute Gasteiger partial charge is 0.146 e. The van der Waals surface area contributed by atoms with Crippen molar-refractivity contribution in [3.8, 4) is 16.8 Å². The van der Waals surface area contributed by atoms with E-state index in [0.717, 1.165) is 27.9 Å². The summed E-state index contributed by atoms with van der Waals surface area (Å²) in [7, 11) is 0. The molecule has 3 aromatic heterocycles. The molecular weight excluding hydrogens is 619 g/mol. The lowest BCUT2D eigenvalue weighted by Crippen LogP contribution is -2.23. The van der Waals surface area contributed by atoms with Gasteiger partial charge in [0, 0.05) is 43.6 Å². The van der Waals surface area contributed by atoms with Gasteiger partial charge in [0.15, 0.2) is 0 Å². The van der Waals surface area contributed by atoms with Crippen molar-refractivity contribution >= 4 is 81.7 Å². The van der Waals surface area contributed by atoms with Gasteiger partial charge >= 0.3 is 0 Å². The van der Waals surface area contributed by atoms with Crippen LogP contribution in [-0.4, -0.2) is 14.0 Å². The van der Waals surface area contributed by atoms with Crippen LogP contribution in [0, 0.1) is 0 Å². The highest BCUT2D eigenvalue weighted by Crippen LogP contribution is 2.53. The lowest BCUT2D eigenvalue weighted by Gasteiger charge is -2.35. The Morgan fingerprint density at radius 2 is 1.22 bits per heavy atom. The molecule has 0 spiro atoms. The van der Waals surface area contributed by atoms with Gasteiger partial charge in [-0.05, 0) is 86.8 Å². The zero-order valence-electron chi connectivity index (χ0n) is 28.3. The van der Waals surface area contributed by atoms with Crippen molar-refractivity contribution in [2.75, 3.05) is 0 Å². The highest BCUT2D eigenvalue weighted by molar-refractivity contribution is 6.26. The molecule has 0 atom stereocenters. The molecule has 3 heterocycles. The third kappa shape index (κ3) is 3.36. The Morgan fingerprint density at radius 3 is 2.14 bits per heavy atom. The summed E-state index contributed by atoms with van der Waals surface area (Å²) >= 11 is 0. The van der Waals surface area contributed by atoms with E-state index >= 15 is 0 Å². The van der Waals surface area contributed by atoms with Crippen LogP contribution in [0.1, 0.15) is 25.0 Å². The molecular formula is C48H31N3. The van der Waals surface area contributed by atoms with Crippen molar-refractivity contribution in [2.45, 2.75) is 19.3 Å². The first-order valence-corrected chi connectivity index (χ1v) is 17.8. The molecule has 3 heteroatoms. The first-order valence-electron chi connectivity index (χ1n) is 17.8. The number of para-hydroxylation sites is 3. The molecule has 11 aromatic rings. The maximum atomic E-state index is 5.20.